The van der Waals surface area contributed by atoms with Crippen LogP contribution in [0.2, 0.25) is 0 Å². The number of esters is 1. The molecule has 0 N–H and O–H groups in total. The molecule has 0 aliphatic carbocycles. The molecule has 0 saturated heterocycles. The van der Waals surface area contributed by atoms with Crippen molar-refractivity contribution in [3.8, 4) is 11.5 Å². The summed E-state index contributed by atoms with van der Waals surface area (Å²) in [5.74, 6) is 0.340. The standard InChI is InChI=1S/C32H29N3O7S/c1-4-40-26-17-21(15-16-25(26)42-19-23-13-9-10-14-24(23)35(38)39)18-27-30(36)34-29(22-11-7-6-8-12-22)28(31(37)41-5-2)20(3)33-32(34)43-27/h6-18,29H,4-5,19H2,1-3H3/b27-18+. The molecule has 1 aromatic heterocycles. The van der Waals surface area contributed by atoms with Gasteiger partial charge in [0, 0.05) is 6.07 Å². The first-order valence-electron chi connectivity index (χ1n) is 13.7. The van der Waals surface area contributed by atoms with Gasteiger partial charge >= 0.3 is 5.97 Å². The normalized spacial score (nSPS) is 14.6. The third-order valence-corrected chi connectivity index (χ3v) is 7.75. The fourth-order valence-corrected chi connectivity index (χ4v) is 5.91. The van der Waals surface area contributed by atoms with Gasteiger partial charge in [0.05, 0.1) is 45.5 Å². The third kappa shape index (κ3) is 6.12. The number of fused-ring (bicyclic) bond motifs is 1. The molecule has 0 fully saturated rings. The van der Waals surface area contributed by atoms with E-state index in [0.717, 1.165) is 5.56 Å². The van der Waals surface area contributed by atoms with Crippen LogP contribution in [0.25, 0.3) is 6.08 Å². The zero-order valence-corrected chi connectivity index (χ0v) is 24.6. The van der Waals surface area contributed by atoms with Crippen molar-refractivity contribution in [3.63, 3.8) is 0 Å². The number of ether oxygens (including phenoxy) is 3. The summed E-state index contributed by atoms with van der Waals surface area (Å²) in [6, 6.07) is 20.3. The lowest BCUT2D eigenvalue weighted by atomic mass is 9.96. The first-order chi connectivity index (χ1) is 20.8. The molecule has 1 unspecified atom stereocenters. The number of allylic oxidation sites excluding steroid dienone is 1. The van der Waals surface area contributed by atoms with Gasteiger partial charge in [0.15, 0.2) is 16.3 Å². The summed E-state index contributed by atoms with van der Waals surface area (Å²) < 4.78 is 19.0. The van der Waals surface area contributed by atoms with Gasteiger partial charge in [0.2, 0.25) is 0 Å². The minimum Gasteiger partial charge on any atom is -0.490 e. The number of nitrogens with zero attached hydrogens (tertiary/aromatic N) is 3. The van der Waals surface area contributed by atoms with E-state index in [9.17, 15) is 19.7 Å². The van der Waals surface area contributed by atoms with Crippen LogP contribution in [0.5, 0.6) is 11.5 Å². The second-order valence-electron chi connectivity index (χ2n) is 9.53. The largest absolute Gasteiger partial charge is 0.490 e. The monoisotopic (exact) mass is 599 g/mol. The van der Waals surface area contributed by atoms with Crippen LogP contribution < -0.4 is 24.4 Å². The van der Waals surface area contributed by atoms with Crippen LogP contribution in [0.15, 0.2) is 93.9 Å². The van der Waals surface area contributed by atoms with E-state index >= 15 is 0 Å². The van der Waals surface area contributed by atoms with Crippen molar-refractivity contribution in [1.29, 1.82) is 0 Å². The average Bonchev–Trinajstić information content (AvgIpc) is 3.30. The number of rotatable bonds is 10. The maximum absolute atomic E-state index is 13.9. The van der Waals surface area contributed by atoms with Crippen LogP contribution in [0.4, 0.5) is 5.69 Å². The highest BCUT2D eigenvalue weighted by atomic mass is 32.1. The quantitative estimate of drug-likeness (QED) is 0.147. The van der Waals surface area contributed by atoms with Gasteiger partial charge in [-0.2, -0.15) is 0 Å². The van der Waals surface area contributed by atoms with E-state index in [1.165, 1.54) is 17.4 Å². The molecule has 1 aliphatic rings. The maximum atomic E-state index is 13.9. The molecule has 43 heavy (non-hydrogen) atoms. The van der Waals surface area contributed by atoms with Gasteiger partial charge in [-0.1, -0.05) is 59.9 Å². The highest BCUT2D eigenvalue weighted by Crippen LogP contribution is 2.32. The van der Waals surface area contributed by atoms with Gasteiger partial charge in [-0.3, -0.25) is 19.5 Å². The smallest absolute Gasteiger partial charge is 0.338 e. The highest BCUT2D eigenvalue weighted by molar-refractivity contribution is 7.07. The molecule has 0 saturated carbocycles. The fraction of sp³-hybridized carbons (Fsp3) is 0.219. The predicted octanol–water partition coefficient (Wildman–Crippen LogP) is 4.68. The van der Waals surface area contributed by atoms with Gasteiger partial charge in [0.1, 0.15) is 6.61 Å². The fourth-order valence-electron chi connectivity index (χ4n) is 4.86. The van der Waals surface area contributed by atoms with E-state index in [-0.39, 0.29) is 24.5 Å². The number of para-hydroxylation sites is 1. The molecule has 11 heteroatoms. The van der Waals surface area contributed by atoms with Crippen molar-refractivity contribution in [2.45, 2.75) is 33.4 Å². The molecule has 4 aromatic rings. The predicted molar refractivity (Wildman–Crippen MR) is 162 cm³/mol. The van der Waals surface area contributed by atoms with Crippen LogP contribution in [-0.4, -0.2) is 28.7 Å². The number of thiazole rings is 1. The van der Waals surface area contributed by atoms with Gasteiger partial charge in [-0.25, -0.2) is 9.79 Å². The summed E-state index contributed by atoms with van der Waals surface area (Å²) in [6.45, 7) is 5.86. The molecular formula is C32H29N3O7S. The van der Waals surface area contributed by atoms with Crippen LogP contribution in [-0.2, 0) is 16.1 Å². The van der Waals surface area contributed by atoms with Crippen molar-refractivity contribution >= 4 is 29.1 Å². The summed E-state index contributed by atoms with van der Waals surface area (Å²) in [6.07, 6.45) is 1.74. The number of aromatic nitrogens is 1. The van der Waals surface area contributed by atoms with Crippen molar-refractivity contribution < 1.29 is 23.9 Å². The molecular weight excluding hydrogens is 570 g/mol. The molecule has 2 heterocycles. The zero-order chi connectivity index (χ0) is 30.5. The van der Waals surface area contributed by atoms with E-state index in [2.05, 4.69) is 4.99 Å². The molecule has 220 valence electrons. The van der Waals surface area contributed by atoms with Crippen LogP contribution >= 0.6 is 11.3 Å². The van der Waals surface area contributed by atoms with Crippen LogP contribution in [0.3, 0.4) is 0 Å². The molecule has 5 rings (SSSR count). The molecule has 1 aliphatic heterocycles. The lowest BCUT2D eigenvalue weighted by Gasteiger charge is -2.24. The first-order valence-corrected chi connectivity index (χ1v) is 14.5. The minimum absolute atomic E-state index is 0.0171. The average molecular weight is 600 g/mol. The SMILES string of the molecule is CCOC(=O)C1=C(C)N=c2s/c(=C/c3ccc(OCc4ccccc4[N+](=O)[O-])c(OCC)c3)c(=O)n2C1c1ccccc1. The highest BCUT2D eigenvalue weighted by Gasteiger charge is 2.33. The van der Waals surface area contributed by atoms with Gasteiger partial charge in [0.25, 0.3) is 11.2 Å². The molecule has 0 spiro atoms. The van der Waals surface area contributed by atoms with Crippen molar-refractivity contribution in [2.75, 3.05) is 13.2 Å². The summed E-state index contributed by atoms with van der Waals surface area (Å²) in [5, 5.41) is 11.4. The number of nitro benzene ring substituents is 1. The molecule has 0 bridgehead atoms. The summed E-state index contributed by atoms with van der Waals surface area (Å²) in [5.41, 5.74) is 2.40. The number of nitro groups is 1. The molecule has 1 atom stereocenters. The number of carbonyl (C=O) groups excluding carboxylic acids is 1. The zero-order valence-electron chi connectivity index (χ0n) is 23.8. The van der Waals surface area contributed by atoms with E-state index < -0.39 is 16.9 Å². The van der Waals surface area contributed by atoms with Crippen LogP contribution in [0, 0.1) is 10.1 Å². The van der Waals surface area contributed by atoms with Crippen molar-refractivity contribution in [1.82, 2.24) is 4.57 Å². The van der Waals surface area contributed by atoms with Crippen LogP contribution in [0.1, 0.15) is 43.5 Å². The maximum Gasteiger partial charge on any atom is 0.338 e. The second kappa shape index (κ2) is 12.9. The Hall–Kier alpha value is -5.03. The number of carbonyl (C=O) groups is 1. The topological polar surface area (TPSA) is 122 Å². The van der Waals surface area contributed by atoms with Gasteiger partial charge in [-0.15, -0.1) is 0 Å². The van der Waals surface area contributed by atoms with Crippen molar-refractivity contribution in [3.05, 3.63) is 131 Å². The van der Waals surface area contributed by atoms with Gasteiger partial charge < -0.3 is 14.2 Å². The van der Waals surface area contributed by atoms with E-state index in [1.807, 2.05) is 37.3 Å². The summed E-state index contributed by atoms with van der Waals surface area (Å²) >= 11 is 1.23. The Bertz CT molecular complexity index is 1890. The van der Waals surface area contributed by atoms with Gasteiger partial charge in [-0.05, 0) is 56.2 Å². The molecule has 10 nitrogen and oxygen atoms in total. The number of hydrogen-bond donors (Lipinski definition) is 0. The Balaban J connectivity index is 1.53. The summed E-state index contributed by atoms with van der Waals surface area (Å²) in [7, 11) is 0. The van der Waals surface area contributed by atoms with Crippen molar-refractivity contribution in [2.24, 2.45) is 4.99 Å². The van der Waals surface area contributed by atoms with E-state index in [1.54, 1.807) is 60.9 Å². The Labute approximate surface area is 251 Å². The number of hydrogen-bond acceptors (Lipinski definition) is 9. The molecule has 3 aromatic carbocycles. The molecule has 0 radical (unpaired) electrons. The Morgan fingerprint density at radius 1 is 1.02 bits per heavy atom. The van der Waals surface area contributed by atoms with E-state index in [0.29, 0.717) is 49.8 Å². The third-order valence-electron chi connectivity index (χ3n) is 6.77. The Kier molecular flexibility index (Phi) is 8.82. The lowest BCUT2D eigenvalue weighted by molar-refractivity contribution is -0.385. The Morgan fingerprint density at radius 3 is 2.49 bits per heavy atom. The number of benzene rings is 3. The summed E-state index contributed by atoms with van der Waals surface area (Å²) in [4.78, 5) is 42.9. The van der Waals surface area contributed by atoms with E-state index in [4.69, 9.17) is 14.2 Å². The second-order valence-corrected chi connectivity index (χ2v) is 10.5. The lowest BCUT2D eigenvalue weighted by Crippen LogP contribution is -2.39. The molecule has 0 amide bonds. The first kappa shape index (κ1) is 29.5. The minimum atomic E-state index is -0.685. The Morgan fingerprint density at radius 2 is 1.77 bits per heavy atom.